The van der Waals surface area contributed by atoms with Crippen molar-refractivity contribution in [3.63, 3.8) is 0 Å². The Labute approximate surface area is 199 Å². The minimum Gasteiger partial charge on any atom is -0.383 e. The average molecular weight is 454 g/mol. The molecule has 34 heavy (non-hydrogen) atoms. The quantitative estimate of drug-likeness (QED) is 0.298. The first kappa shape index (κ1) is 24.4. The minimum atomic E-state index is 0.446. The van der Waals surface area contributed by atoms with E-state index < -0.39 is 0 Å². The Morgan fingerprint density at radius 3 is 2.38 bits per heavy atom. The molecule has 3 aromatic rings. The van der Waals surface area contributed by atoms with Gasteiger partial charge in [0.2, 0.25) is 5.95 Å². The van der Waals surface area contributed by atoms with E-state index in [1.807, 2.05) is 50.2 Å². The molecule has 0 radical (unpaired) electrons. The second-order valence-electron chi connectivity index (χ2n) is 7.67. The fourth-order valence-electron chi connectivity index (χ4n) is 3.41. The predicted molar refractivity (Wildman–Crippen MR) is 134 cm³/mol. The lowest BCUT2D eigenvalue weighted by Crippen LogP contribution is -2.19. The van der Waals surface area contributed by atoms with Crippen molar-refractivity contribution in [3.05, 3.63) is 76.5 Å². The molecule has 0 aliphatic rings. The number of rotatable bonds is 10. The molecule has 1 heterocycles. The second kappa shape index (κ2) is 12.1. The third-order valence-corrected chi connectivity index (χ3v) is 5.00. The van der Waals surface area contributed by atoms with Crippen molar-refractivity contribution in [2.24, 2.45) is 0 Å². The number of methoxy groups -OCH3 is 1. The van der Waals surface area contributed by atoms with E-state index in [1.54, 1.807) is 25.3 Å². The summed E-state index contributed by atoms with van der Waals surface area (Å²) < 4.78 is 5.10. The van der Waals surface area contributed by atoms with Gasteiger partial charge in [-0.15, -0.1) is 0 Å². The lowest BCUT2D eigenvalue weighted by Gasteiger charge is -2.16. The summed E-state index contributed by atoms with van der Waals surface area (Å²) in [5, 5.41) is 27.8. The van der Waals surface area contributed by atoms with Gasteiger partial charge >= 0.3 is 0 Å². The van der Waals surface area contributed by atoms with E-state index in [9.17, 15) is 0 Å². The van der Waals surface area contributed by atoms with Crippen LogP contribution in [0.1, 0.15) is 27.9 Å². The molecule has 172 valence electrons. The highest BCUT2D eigenvalue weighted by Gasteiger charge is 2.10. The first-order chi connectivity index (χ1) is 16.5. The summed E-state index contributed by atoms with van der Waals surface area (Å²) in [4.78, 5) is 9.29. The van der Waals surface area contributed by atoms with E-state index in [2.05, 4.69) is 32.0 Å². The number of hydrogen-bond acceptors (Lipinski definition) is 8. The molecule has 0 atom stereocenters. The molecule has 0 aliphatic heterocycles. The monoisotopic (exact) mass is 453 g/mol. The highest BCUT2D eigenvalue weighted by molar-refractivity contribution is 5.69. The largest absolute Gasteiger partial charge is 0.383 e. The summed E-state index contributed by atoms with van der Waals surface area (Å²) in [6, 6.07) is 17.2. The van der Waals surface area contributed by atoms with Gasteiger partial charge in [-0.25, -0.2) is 4.98 Å². The predicted octanol–water partition coefficient (Wildman–Crippen LogP) is 4.73. The van der Waals surface area contributed by atoms with Gasteiger partial charge in [0.1, 0.15) is 5.82 Å². The summed E-state index contributed by atoms with van der Waals surface area (Å²) in [6.45, 7) is 5.90. The highest BCUT2D eigenvalue weighted by atomic mass is 16.5. The van der Waals surface area contributed by atoms with Crippen molar-refractivity contribution in [1.29, 1.82) is 10.5 Å². The van der Waals surface area contributed by atoms with Crippen LogP contribution in [0.15, 0.2) is 48.5 Å². The van der Waals surface area contributed by atoms with Crippen LogP contribution in [0.25, 0.3) is 6.08 Å². The zero-order chi connectivity index (χ0) is 24.3. The van der Waals surface area contributed by atoms with Crippen LogP contribution in [0.4, 0.5) is 23.1 Å². The third kappa shape index (κ3) is 6.88. The molecule has 0 amide bonds. The topological polar surface area (TPSA) is 119 Å². The molecule has 1 aromatic heterocycles. The van der Waals surface area contributed by atoms with Gasteiger partial charge in [-0.2, -0.15) is 15.5 Å². The molecular formula is C26H27N7O. The highest BCUT2D eigenvalue weighted by Crippen LogP contribution is 2.27. The van der Waals surface area contributed by atoms with Gasteiger partial charge in [0, 0.05) is 43.7 Å². The molecule has 0 unspecified atom stereocenters. The van der Waals surface area contributed by atoms with Gasteiger partial charge < -0.3 is 20.7 Å². The number of ether oxygens (including phenoxy) is 1. The Balaban J connectivity index is 1.89. The number of aryl methyl sites for hydroxylation is 2. The van der Waals surface area contributed by atoms with E-state index in [0.717, 1.165) is 33.8 Å². The van der Waals surface area contributed by atoms with Gasteiger partial charge in [0.05, 0.1) is 30.0 Å². The fraction of sp³-hybridized carbons (Fsp3) is 0.231. The van der Waals surface area contributed by atoms with Crippen molar-refractivity contribution >= 4 is 29.2 Å². The number of benzene rings is 2. The Kier molecular flexibility index (Phi) is 8.70. The maximum atomic E-state index is 9.02. The van der Waals surface area contributed by atoms with Gasteiger partial charge in [-0.05, 0) is 73.0 Å². The van der Waals surface area contributed by atoms with Crippen LogP contribution in [0.2, 0.25) is 0 Å². The van der Waals surface area contributed by atoms with Crippen LogP contribution >= 0.6 is 0 Å². The maximum absolute atomic E-state index is 9.02. The van der Waals surface area contributed by atoms with Crippen molar-refractivity contribution in [1.82, 2.24) is 15.3 Å². The van der Waals surface area contributed by atoms with Gasteiger partial charge in [0.15, 0.2) is 0 Å². The summed E-state index contributed by atoms with van der Waals surface area (Å²) in [6.07, 6.45) is 3.26. The molecule has 8 nitrogen and oxygen atoms in total. The van der Waals surface area contributed by atoms with Crippen LogP contribution in [0, 0.1) is 36.5 Å². The summed E-state index contributed by atoms with van der Waals surface area (Å²) in [7, 11) is 1.67. The fourth-order valence-corrected chi connectivity index (χ4v) is 3.41. The van der Waals surface area contributed by atoms with Crippen LogP contribution in [0.5, 0.6) is 0 Å². The summed E-state index contributed by atoms with van der Waals surface area (Å²) in [5.41, 5.74) is 6.19. The Hall–Kier alpha value is -4.24. The average Bonchev–Trinajstić information content (AvgIpc) is 2.83. The number of hydrogen-bond donors (Lipinski definition) is 3. The van der Waals surface area contributed by atoms with Crippen LogP contribution in [0.3, 0.4) is 0 Å². The second-order valence-corrected chi connectivity index (χ2v) is 7.67. The van der Waals surface area contributed by atoms with Crippen molar-refractivity contribution in [2.75, 3.05) is 30.9 Å². The van der Waals surface area contributed by atoms with E-state index in [1.165, 1.54) is 6.08 Å². The van der Waals surface area contributed by atoms with E-state index in [0.29, 0.717) is 37.0 Å². The molecule has 0 fully saturated rings. The first-order valence-corrected chi connectivity index (χ1v) is 10.8. The molecule has 0 bridgehead atoms. The Morgan fingerprint density at radius 2 is 1.74 bits per heavy atom. The number of aromatic nitrogens is 2. The molecule has 8 heteroatoms. The molecule has 0 spiro atoms. The van der Waals surface area contributed by atoms with Gasteiger partial charge in [-0.1, -0.05) is 0 Å². The van der Waals surface area contributed by atoms with Gasteiger partial charge in [0.25, 0.3) is 0 Å². The number of allylic oxidation sites excluding steroid dienone is 1. The number of anilines is 4. The van der Waals surface area contributed by atoms with Gasteiger partial charge in [-0.3, -0.25) is 0 Å². The van der Waals surface area contributed by atoms with Crippen LogP contribution in [-0.2, 0) is 11.3 Å². The Bertz CT molecular complexity index is 1210. The van der Waals surface area contributed by atoms with Crippen molar-refractivity contribution in [2.45, 2.75) is 20.4 Å². The summed E-state index contributed by atoms with van der Waals surface area (Å²) >= 11 is 0. The maximum Gasteiger partial charge on any atom is 0.229 e. The van der Waals surface area contributed by atoms with E-state index in [4.69, 9.17) is 15.3 Å². The standard InChI is InChI=1S/C26H27N7O/c1-18-13-21(5-4-10-27)14-19(2)25(18)32-24-15-23(17-29-11-12-34-3)31-26(33-24)30-22-8-6-20(16-28)7-9-22/h4-9,13-15,29H,11-12,17H2,1-3H3,(H2,30,31,32,33). The molecule has 3 rings (SSSR count). The molecule has 0 saturated heterocycles. The molecule has 2 aromatic carbocycles. The smallest absolute Gasteiger partial charge is 0.229 e. The first-order valence-electron chi connectivity index (χ1n) is 10.8. The van der Waals surface area contributed by atoms with E-state index >= 15 is 0 Å². The third-order valence-electron chi connectivity index (χ3n) is 5.00. The Morgan fingerprint density at radius 1 is 1.00 bits per heavy atom. The van der Waals surface area contributed by atoms with E-state index in [-0.39, 0.29) is 0 Å². The number of nitrogens with zero attached hydrogens (tertiary/aromatic N) is 4. The minimum absolute atomic E-state index is 0.446. The molecular weight excluding hydrogens is 426 g/mol. The molecule has 3 N–H and O–H groups in total. The normalized spacial score (nSPS) is 10.6. The van der Waals surface area contributed by atoms with Crippen LogP contribution < -0.4 is 16.0 Å². The van der Waals surface area contributed by atoms with Crippen LogP contribution in [-0.4, -0.2) is 30.2 Å². The molecule has 0 saturated carbocycles. The zero-order valence-electron chi connectivity index (χ0n) is 19.5. The lowest BCUT2D eigenvalue weighted by molar-refractivity contribution is 0.199. The zero-order valence-corrected chi connectivity index (χ0v) is 19.5. The number of nitriles is 2. The lowest BCUT2D eigenvalue weighted by atomic mass is 10.0. The molecule has 0 aliphatic carbocycles. The number of nitrogens with one attached hydrogen (secondary N) is 3. The SMILES string of the molecule is COCCNCc1cc(Nc2c(C)cc(C=CC#N)cc2C)nc(Nc2ccc(C#N)cc2)n1. The summed E-state index contributed by atoms with van der Waals surface area (Å²) in [5.74, 6) is 1.10. The van der Waals surface area contributed by atoms with Crippen molar-refractivity contribution < 1.29 is 4.74 Å². The van der Waals surface area contributed by atoms with Crippen molar-refractivity contribution in [3.8, 4) is 12.1 Å².